The molecule has 0 aliphatic rings. The van der Waals surface area contributed by atoms with Crippen LogP contribution in [0.1, 0.15) is 17.0 Å². The van der Waals surface area contributed by atoms with Gasteiger partial charge in [0.2, 0.25) is 5.91 Å². The predicted molar refractivity (Wildman–Crippen MR) is 71.7 cm³/mol. The largest absolute Gasteiger partial charge is 0.368 e. The zero-order valence-corrected chi connectivity index (χ0v) is 9.84. The second-order valence-electron chi connectivity index (χ2n) is 3.88. The molecule has 88 valence electrons. The molecular formula is C16H13NO. The highest BCUT2D eigenvalue weighted by Crippen LogP contribution is 2.14. The maximum Gasteiger partial charge on any atom is 0.237 e. The van der Waals surface area contributed by atoms with E-state index in [0.717, 1.165) is 11.1 Å². The summed E-state index contributed by atoms with van der Waals surface area (Å²) in [6.45, 7) is 0. The first-order valence-corrected chi connectivity index (χ1v) is 5.68. The van der Waals surface area contributed by atoms with Gasteiger partial charge in [-0.25, -0.2) is 0 Å². The molecule has 0 fully saturated rings. The molecule has 2 nitrogen and oxygen atoms in total. The van der Waals surface area contributed by atoms with Crippen LogP contribution in [0.25, 0.3) is 0 Å². The lowest BCUT2D eigenvalue weighted by Gasteiger charge is -2.05. The maximum absolute atomic E-state index is 11.4. The minimum atomic E-state index is -0.564. The molecule has 0 aliphatic carbocycles. The molecule has 1 amide bonds. The summed E-state index contributed by atoms with van der Waals surface area (Å²) in [7, 11) is 0. The Bertz CT molecular complexity index is 579. The number of carbonyl (C=O) groups excluding carboxylic acids is 1. The van der Waals surface area contributed by atoms with Crippen molar-refractivity contribution in [2.75, 3.05) is 0 Å². The lowest BCUT2D eigenvalue weighted by Crippen LogP contribution is -2.20. The summed E-state index contributed by atoms with van der Waals surface area (Å²) in [5.74, 6) is 4.91. The van der Waals surface area contributed by atoms with Gasteiger partial charge >= 0.3 is 0 Å². The molecule has 0 spiro atoms. The summed E-state index contributed by atoms with van der Waals surface area (Å²) < 4.78 is 0. The van der Waals surface area contributed by atoms with E-state index in [1.165, 1.54) is 0 Å². The van der Waals surface area contributed by atoms with Crippen molar-refractivity contribution < 1.29 is 4.79 Å². The number of benzene rings is 2. The van der Waals surface area contributed by atoms with E-state index < -0.39 is 11.8 Å². The third kappa shape index (κ3) is 2.99. The van der Waals surface area contributed by atoms with E-state index in [-0.39, 0.29) is 0 Å². The topological polar surface area (TPSA) is 43.1 Å². The number of amides is 1. The van der Waals surface area contributed by atoms with Crippen molar-refractivity contribution in [2.24, 2.45) is 5.73 Å². The summed E-state index contributed by atoms with van der Waals surface area (Å²) in [4.78, 5) is 11.4. The molecule has 0 aromatic heterocycles. The van der Waals surface area contributed by atoms with Gasteiger partial charge in [-0.3, -0.25) is 4.79 Å². The van der Waals surface area contributed by atoms with Gasteiger partial charge in [0, 0.05) is 5.56 Å². The molecule has 0 aliphatic heterocycles. The van der Waals surface area contributed by atoms with E-state index in [0.29, 0.717) is 0 Å². The second-order valence-corrected chi connectivity index (χ2v) is 3.88. The zero-order chi connectivity index (χ0) is 12.8. The average molecular weight is 235 g/mol. The first-order chi connectivity index (χ1) is 8.77. The molecule has 2 heteroatoms. The third-order valence-electron chi connectivity index (χ3n) is 2.55. The van der Waals surface area contributed by atoms with Gasteiger partial charge in [0.1, 0.15) is 5.92 Å². The summed E-state index contributed by atoms with van der Waals surface area (Å²) >= 11 is 0. The fourth-order valence-corrected chi connectivity index (χ4v) is 1.64. The van der Waals surface area contributed by atoms with Gasteiger partial charge in [-0.15, -0.1) is 0 Å². The van der Waals surface area contributed by atoms with Gasteiger partial charge in [0.25, 0.3) is 0 Å². The molecule has 2 N–H and O–H groups in total. The quantitative estimate of drug-likeness (QED) is 0.797. The smallest absolute Gasteiger partial charge is 0.237 e. The summed E-state index contributed by atoms with van der Waals surface area (Å²) in [5.41, 5.74) is 7.09. The van der Waals surface area contributed by atoms with Crippen LogP contribution in [0, 0.1) is 11.8 Å². The van der Waals surface area contributed by atoms with Crippen molar-refractivity contribution in [1.82, 2.24) is 0 Å². The normalized spacial score (nSPS) is 11.1. The SMILES string of the molecule is NC(=O)C(C#Cc1ccccc1)c1ccccc1. The van der Waals surface area contributed by atoms with Gasteiger partial charge < -0.3 is 5.73 Å². The number of nitrogens with two attached hydrogens (primary N) is 1. The molecule has 0 radical (unpaired) electrons. The summed E-state index contributed by atoms with van der Waals surface area (Å²) in [6, 6.07) is 18.9. The highest BCUT2D eigenvalue weighted by Gasteiger charge is 2.13. The first kappa shape index (κ1) is 11.9. The second kappa shape index (κ2) is 5.70. The van der Waals surface area contributed by atoms with Crippen LogP contribution >= 0.6 is 0 Å². The fourth-order valence-electron chi connectivity index (χ4n) is 1.64. The Morgan fingerprint density at radius 3 is 2.06 bits per heavy atom. The van der Waals surface area contributed by atoms with Gasteiger partial charge in [-0.1, -0.05) is 60.4 Å². The van der Waals surface area contributed by atoms with E-state index in [2.05, 4.69) is 11.8 Å². The molecule has 2 aromatic carbocycles. The molecule has 0 heterocycles. The molecule has 0 saturated heterocycles. The van der Waals surface area contributed by atoms with Crippen molar-refractivity contribution in [3.8, 4) is 11.8 Å². The van der Waals surface area contributed by atoms with Gasteiger partial charge in [0.15, 0.2) is 0 Å². The number of primary amides is 1. The Hall–Kier alpha value is -2.53. The van der Waals surface area contributed by atoms with E-state index in [4.69, 9.17) is 5.73 Å². The maximum atomic E-state index is 11.4. The fraction of sp³-hybridized carbons (Fsp3) is 0.0625. The molecule has 0 saturated carbocycles. The summed E-state index contributed by atoms with van der Waals surface area (Å²) in [6.07, 6.45) is 0. The van der Waals surface area contributed by atoms with Crippen LogP contribution in [0.2, 0.25) is 0 Å². The van der Waals surface area contributed by atoms with Gasteiger partial charge in [-0.05, 0) is 17.7 Å². The van der Waals surface area contributed by atoms with Crippen LogP contribution in [0.5, 0.6) is 0 Å². The highest BCUT2D eigenvalue weighted by molar-refractivity contribution is 5.85. The van der Waals surface area contributed by atoms with Gasteiger partial charge in [-0.2, -0.15) is 0 Å². The molecule has 1 unspecified atom stereocenters. The number of hydrogen-bond donors (Lipinski definition) is 1. The minimum Gasteiger partial charge on any atom is -0.368 e. The first-order valence-electron chi connectivity index (χ1n) is 5.68. The monoisotopic (exact) mass is 235 g/mol. The third-order valence-corrected chi connectivity index (χ3v) is 2.55. The van der Waals surface area contributed by atoms with Crippen molar-refractivity contribution in [3.05, 3.63) is 71.8 Å². The molecule has 0 bridgehead atoms. The molecular weight excluding hydrogens is 222 g/mol. The Morgan fingerprint density at radius 2 is 1.50 bits per heavy atom. The van der Waals surface area contributed by atoms with Gasteiger partial charge in [0.05, 0.1) is 0 Å². The van der Waals surface area contributed by atoms with Crippen LogP contribution in [-0.2, 0) is 4.79 Å². The van der Waals surface area contributed by atoms with Crippen LogP contribution in [0.4, 0.5) is 0 Å². The van der Waals surface area contributed by atoms with Crippen molar-refractivity contribution in [2.45, 2.75) is 5.92 Å². The molecule has 18 heavy (non-hydrogen) atoms. The van der Waals surface area contributed by atoms with Crippen LogP contribution in [0.3, 0.4) is 0 Å². The number of carbonyl (C=O) groups is 1. The zero-order valence-electron chi connectivity index (χ0n) is 9.84. The van der Waals surface area contributed by atoms with E-state index >= 15 is 0 Å². The number of hydrogen-bond acceptors (Lipinski definition) is 1. The van der Waals surface area contributed by atoms with Crippen molar-refractivity contribution in [1.29, 1.82) is 0 Å². The van der Waals surface area contributed by atoms with Crippen LogP contribution in [-0.4, -0.2) is 5.91 Å². The Kier molecular flexibility index (Phi) is 3.78. The number of rotatable bonds is 2. The molecule has 2 aromatic rings. The standard InChI is InChI=1S/C16H13NO/c17-16(18)15(14-9-5-2-6-10-14)12-11-13-7-3-1-4-8-13/h1-10,15H,(H2,17,18). The van der Waals surface area contributed by atoms with E-state index in [1.54, 1.807) is 0 Å². The molecule has 2 rings (SSSR count). The van der Waals surface area contributed by atoms with Crippen LogP contribution in [0.15, 0.2) is 60.7 Å². The van der Waals surface area contributed by atoms with Crippen molar-refractivity contribution in [3.63, 3.8) is 0 Å². The molecule has 1 atom stereocenters. The van der Waals surface area contributed by atoms with Crippen LogP contribution < -0.4 is 5.73 Å². The lowest BCUT2D eigenvalue weighted by atomic mass is 9.99. The van der Waals surface area contributed by atoms with E-state index in [9.17, 15) is 4.79 Å². The van der Waals surface area contributed by atoms with Crippen molar-refractivity contribution >= 4 is 5.91 Å². The minimum absolute atomic E-state index is 0.426. The Labute approximate surface area is 106 Å². The Balaban J connectivity index is 2.29. The van der Waals surface area contributed by atoms with E-state index in [1.807, 2.05) is 60.7 Å². The lowest BCUT2D eigenvalue weighted by molar-refractivity contribution is -0.118. The predicted octanol–water partition coefficient (Wildman–Crippen LogP) is 2.31. The Morgan fingerprint density at radius 1 is 0.944 bits per heavy atom. The highest BCUT2D eigenvalue weighted by atomic mass is 16.1. The summed E-state index contributed by atoms with van der Waals surface area (Å²) in [5, 5.41) is 0. The average Bonchev–Trinajstić information content (AvgIpc) is 2.41.